The fraction of sp³-hybridized carbons (Fsp3) is 0.333. The number of carbonyl (C=O) groups excluding carboxylic acids is 1. The van der Waals surface area contributed by atoms with Crippen molar-refractivity contribution in [2.24, 2.45) is 0 Å². The molecule has 2 aromatic rings. The normalized spacial score (nSPS) is 12.4. The highest BCUT2D eigenvalue weighted by Crippen LogP contribution is 2.30. The first-order valence-electron chi connectivity index (χ1n) is 6.84. The van der Waals surface area contributed by atoms with Crippen molar-refractivity contribution in [3.8, 4) is 0 Å². The number of hydrogen-bond acceptors (Lipinski definition) is 3. The molecule has 4 nitrogen and oxygen atoms in total. The summed E-state index contributed by atoms with van der Waals surface area (Å²) in [7, 11) is 0. The minimum Gasteiger partial charge on any atom is -0.455 e. The molecular weight excluding hydrogens is 349 g/mol. The fourth-order valence-electron chi connectivity index (χ4n) is 1.99. The average Bonchev–Trinajstić information content (AvgIpc) is 2.97. The summed E-state index contributed by atoms with van der Waals surface area (Å²) in [6.45, 7) is 0.266. The van der Waals surface area contributed by atoms with Gasteiger partial charge in [0, 0.05) is 34.4 Å². The Kier molecular flexibility index (Phi) is 6.36. The number of hydrogen-bond donors (Lipinski definition) is 0. The largest absolute Gasteiger partial charge is 0.455 e. The molecule has 23 heavy (non-hydrogen) atoms. The number of esters is 1. The van der Waals surface area contributed by atoms with E-state index in [1.54, 1.807) is 35.4 Å². The van der Waals surface area contributed by atoms with Crippen molar-refractivity contribution in [2.45, 2.75) is 31.9 Å². The van der Waals surface area contributed by atoms with E-state index in [0.29, 0.717) is 15.6 Å². The van der Waals surface area contributed by atoms with Crippen LogP contribution in [0, 0.1) is 0 Å². The monoisotopic (exact) mass is 362 g/mol. The molecule has 2 rings (SSSR count). The lowest BCUT2D eigenvalue weighted by atomic mass is 10.1. The first kappa shape index (κ1) is 17.7. The summed E-state index contributed by atoms with van der Waals surface area (Å²) in [4.78, 5) is 15.7. The van der Waals surface area contributed by atoms with Gasteiger partial charge in [0.2, 0.25) is 6.43 Å². The number of carbonyl (C=O) groups is 1. The molecule has 0 aliphatic rings. The summed E-state index contributed by atoms with van der Waals surface area (Å²) in [6.07, 6.45) is 0.675. The molecule has 0 saturated heterocycles. The van der Waals surface area contributed by atoms with Crippen LogP contribution in [0.4, 0.5) is 8.78 Å². The lowest BCUT2D eigenvalue weighted by Gasteiger charge is -2.20. The van der Waals surface area contributed by atoms with E-state index in [2.05, 4.69) is 4.98 Å². The van der Waals surface area contributed by atoms with Gasteiger partial charge in [-0.25, -0.2) is 13.8 Å². The maximum atomic E-state index is 12.2. The lowest BCUT2D eigenvalue weighted by Crippen LogP contribution is -2.17. The van der Waals surface area contributed by atoms with E-state index in [1.807, 2.05) is 0 Å². The molecule has 1 aromatic heterocycles. The lowest BCUT2D eigenvalue weighted by molar-refractivity contribution is -0.151. The first-order chi connectivity index (χ1) is 11.0. The van der Waals surface area contributed by atoms with Gasteiger partial charge >= 0.3 is 5.97 Å². The Labute approximate surface area is 142 Å². The van der Waals surface area contributed by atoms with Gasteiger partial charge in [-0.05, 0) is 12.1 Å². The second-order valence-electron chi connectivity index (χ2n) is 4.83. The van der Waals surface area contributed by atoms with Gasteiger partial charge in [0.25, 0.3) is 0 Å². The van der Waals surface area contributed by atoms with Crippen molar-refractivity contribution < 1.29 is 18.3 Å². The zero-order valence-corrected chi connectivity index (χ0v) is 13.5. The highest BCUT2D eigenvalue weighted by Gasteiger charge is 2.21. The smallest absolute Gasteiger partial charge is 0.306 e. The summed E-state index contributed by atoms with van der Waals surface area (Å²) >= 11 is 12.0. The topological polar surface area (TPSA) is 44.1 Å². The second kappa shape index (κ2) is 8.26. The van der Waals surface area contributed by atoms with E-state index >= 15 is 0 Å². The number of ether oxygens (including phenoxy) is 1. The van der Waals surface area contributed by atoms with Gasteiger partial charge in [-0.2, -0.15) is 0 Å². The zero-order valence-electron chi connectivity index (χ0n) is 12.0. The van der Waals surface area contributed by atoms with Gasteiger partial charge in [-0.3, -0.25) is 4.79 Å². The van der Waals surface area contributed by atoms with Crippen molar-refractivity contribution in [1.82, 2.24) is 9.55 Å². The molecule has 8 heteroatoms. The van der Waals surface area contributed by atoms with Crippen molar-refractivity contribution in [1.29, 1.82) is 0 Å². The summed E-state index contributed by atoms with van der Waals surface area (Å²) in [5.74, 6) is -0.707. The number of aromatic nitrogens is 2. The molecule has 0 saturated carbocycles. The fourth-order valence-corrected chi connectivity index (χ4v) is 2.52. The van der Waals surface area contributed by atoms with Gasteiger partial charge in [0.1, 0.15) is 6.10 Å². The first-order valence-corrected chi connectivity index (χ1v) is 7.59. The third-order valence-electron chi connectivity index (χ3n) is 3.09. The van der Waals surface area contributed by atoms with Crippen LogP contribution in [0.5, 0.6) is 0 Å². The number of rotatable bonds is 7. The number of benzene rings is 1. The Bertz CT molecular complexity index is 651. The van der Waals surface area contributed by atoms with Crippen molar-refractivity contribution in [3.63, 3.8) is 0 Å². The van der Waals surface area contributed by atoms with E-state index < -0.39 is 24.9 Å². The van der Waals surface area contributed by atoms with E-state index in [9.17, 15) is 13.6 Å². The van der Waals surface area contributed by atoms with Crippen LogP contribution < -0.4 is 0 Å². The third-order valence-corrected chi connectivity index (χ3v) is 3.65. The SMILES string of the molecule is O=C(CCC(F)F)OC(Cn1ccnc1)c1ccc(Cl)cc1Cl. The molecule has 0 radical (unpaired) electrons. The molecule has 0 spiro atoms. The third kappa shape index (κ3) is 5.48. The van der Waals surface area contributed by atoms with Crippen LogP contribution in [0.3, 0.4) is 0 Å². The molecule has 0 N–H and O–H groups in total. The van der Waals surface area contributed by atoms with Gasteiger partial charge < -0.3 is 9.30 Å². The van der Waals surface area contributed by atoms with Crippen LogP contribution >= 0.6 is 23.2 Å². The van der Waals surface area contributed by atoms with Crippen LogP contribution in [0.2, 0.25) is 10.0 Å². The molecule has 1 aromatic carbocycles. The highest BCUT2D eigenvalue weighted by molar-refractivity contribution is 6.35. The Balaban J connectivity index is 2.16. The van der Waals surface area contributed by atoms with Gasteiger partial charge in [-0.15, -0.1) is 0 Å². The molecule has 0 aliphatic heterocycles. The molecule has 1 unspecified atom stereocenters. The maximum absolute atomic E-state index is 12.2. The number of nitrogens with zero attached hydrogens (tertiary/aromatic N) is 2. The highest BCUT2D eigenvalue weighted by atomic mass is 35.5. The molecule has 0 aliphatic carbocycles. The Morgan fingerprint density at radius 1 is 1.35 bits per heavy atom. The Hall–Kier alpha value is -1.66. The molecule has 1 atom stereocenters. The van der Waals surface area contributed by atoms with Crippen LogP contribution in [0.15, 0.2) is 36.9 Å². The molecule has 1 heterocycles. The van der Waals surface area contributed by atoms with E-state index in [0.717, 1.165) is 0 Å². The van der Waals surface area contributed by atoms with Crippen molar-refractivity contribution >= 4 is 29.2 Å². The summed E-state index contributed by atoms with van der Waals surface area (Å²) in [6, 6.07) is 4.80. The van der Waals surface area contributed by atoms with E-state index in [1.165, 1.54) is 6.07 Å². The second-order valence-corrected chi connectivity index (χ2v) is 5.68. The Morgan fingerprint density at radius 3 is 2.74 bits per heavy atom. The van der Waals surface area contributed by atoms with Gasteiger partial charge in [0.15, 0.2) is 0 Å². The van der Waals surface area contributed by atoms with Gasteiger partial charge in [-0.1, -0.05) is 29.3 Å². The molecule has 0 amide bonds. The summed E-state index contributed by atoms with van der Waals surface area (Å²) in [5.41, 5.74) is 0.551. The minimum atomic E-state index is -2.55. The number of alkyl halides is 2. The van der Waals surface area contributed by atoms with Crippen molar-refractivity contribution in [3.05, 3.63) is 52.5 Å². The summed E-state index contributed by atoms with van der Waals surface area (Å²) < 4.78 is 31.5. The van der Waals surface area contributed by atoms with Crippen LogP contribution in [0.1, 0.15) is 24.5 Å². The molecular formula is C15H14Cl2F2N2O2. The van der Waals surface area contributed by atoms with Crippen LogP contribution in [0.25, 0.3) is 0 Å². The standard InChI is InChI=1S/C15H14Cl2F2N2O2/c16-10-1-2-11(12(17)7-10)13(8-21-6-5-20-9-21)23-15(22)4-3-14(18)19/h1-2,5-7,9,13-14H,3-4,8H2. The van der Waals surface area contributed by atoms with Crippen LogP contribution in [-0.2, 0) is 16.1 Å². The van der Waals surface area contributed by atoms with E-state index in [-0.39, 0.29) is 13.0 Å². The quantitative estimate of drug-likeness (QED) is 0.680. The van der Waals surface area contributed by atoms with Gasteiger partial charge in [0.05, 0.1) is 19.3 Å². The predicted molar refractivity (Wildman–Crippen MR) is 82.8 cm³/mol. The molecule has 124 valence electrons. The van der Waals surface area contributed by atoms with Crippen molar-refractivity contribution in [2.75, 3.05) is 0 Å². The molecule has 0 fully saturated rings. The minimum absolute atomic E-state index is 0.266. The predicted octanol–water partition coefficient (Wildman–Crippen LogP) is 4.52. The zero-order chi connectivity index (χ0) is 16.8. The number of halogens is 4. The average molecular weight is 363 g/mol. The number of imidazole rings is 1. The molecule has 0 bridgehead atoms. The maximum Gasteiger partial charge on any atom is 0.306 e. The van der Waals surface area contributed by atoms with Crippen LogP contribution in [-0.4, -0.2) is 21.9 Å². The Morgan fingerprint density at radius 2 is 2.13 bits per heavy atom. The van der Waals surface area contributed by atoms with E-state index in [4.69, 9.17) is 27.9 Å². The summed E-state index contributed by atoms with van der Waals surface area (Å²) in [5, 5.41) is 0.786.